The molecular weight excluding hydrogens is 364 g/mol. The van der Waals surface area contributed by atoms with E-state index in [1.54, 1.807) is 24.3 Å². The number of benzene rings is 2. The number of nitriles is 1. The molecule has 0 aliphatic carbocycles. The first-order valence-electron chi connectivity index (χ1n) is 8.54. The molecule has 0 spiro atoms. The molecule has 0 saturated heterocycles. The van der Waals surface area contributed by atoms with E-state index in [1.165, 1.54) is 0 Å². The van der Waals surface area contributed by atoms with Crippen molar-refractivity contribution >= 4 is 15.7 Å². The average Bonchev–Trinajstić information content (AvgIpc) is 2.65. The normalized spacial score (nSPS) is 11.0. The highest BCUT2D eigenvalue weighted by atomic mass is 32.2. The number of amides is 1. The second-order valence-electron chi connectivity index (χ2n) is 6.02. The molecule has 27 heavy (non-hydrogen) atoms. The Bertz CT molecular complexity index is 916. The van der Waals surface area contributed by atoms with Gasteiger partial charge in [-0.3, -0.25) is 4.79 Å². The van der Waals surface area contributed by atoms with Crippen LogP contribution in [0.15, 0.2) is 48.5 Å². The quantitative estimate of drug-likeness (QED) is 0.713. The molecule has 0 atom stereocenters. The summed E-state index contributed by atoms with van der Waals surface area (Å²) in [6, 6.07) is 15.8. The summed E-state index contributed by atoms with van der Waals surface area (Å²) in [7, 11) is -3.60. The predicted molar refractivity (Wildman–Crippen MR) is 102 cm³/mol. The highest BCUT2D eigenvalue weighted by Gasteiger charge is 2.17. The van der Waals surface area contributed by atoms with Gasteiger partial charge in [0.2, 0.25) is 5.91 Å². The summed E-state index contributed by atoms with van der Waals surface area (Å²) in [6.45, 7) is 3.19. The largest absolute Gasteiger partial charge is 0.377 e. The smallest absolute Gasteiger partial charge is 0.235 e. The lowest BCUT2D eigenvalue weighted by molar-refractivity contribution is -0.118. The monoisotopic (exact) mass is 386 g/mol. The van der Waals surface area contributed by atoms with Crippen LogP contribution in [-0.4, -0.2) is 26.7 Å². The highest BCUT2D eigenvalue weighted by molar-refractivity contribution is 7.91. The molecule has 0 unspecified atom stereocenters. The van der Waals surface area contributed by atoms with Crippen LogP contribution in [0.3, 0.4) is 0 Å². The molecule has 0 aliphatic rings. The second kappa shape index (κ2) is 9.86. The fourth-order valence-electron chi connectivity index (χ4n) is 2.51. The minimum atomic E-state index is -3.60. The van der Waals surface area contributed by atoms with E-state index in [0.717, 1.165) is 11.1 Å². The number of sulfone groups is 1. The maximum Gasteiger partial charge on any atom is 0.235 e. The van der Waals surface area contributed by atoms with Crippen LogP contribution in [-0.2, 0) is 38.3 Å². The van der Waals surface area contributed by atoms with Gasteiger partial charge in [0.25, 0.3) is 0 Å². The molecule has 2 rings (SSSR count). The van der Waals surface area contributed by atoms with E-state index in [1.807, 2.05) is 37.3 Å². The summed E-state index contributed by atoms with van der Waals surface area (Å²) in [5, 5.41) is 11.4. The second-order valence-corrected chi connectivity index (χ2v) is 8.09. The SMILES string of the molecule is CCOCc1ccccc1CNC(=O)CS(=O)(=O)Cc1ccc(C#N)cc1. The molecule has 1 amide bonds. The predicted octanol–water partition coefficient (Wildman–Crippen LogP) is 2.33. The summed E-state index contributed by atoms with van der Waals surface area (Å²) in [5.74, 6) is -1.37. The number of carbonyl (C=O) groups excluding carboxylic acids is 1. The molecule has 2 aromatic rings. The summed E-state index contributed by atoms with van der Waals surface area (Å²) in [4.78, 5) is 12.1. The van der Waals surface area contributed by atoms with Crippen molar-refractivity contribution in [3.8, 4) is 6.07 Å². The number of hydrogen-bond donors (Lipinski definition) is 1. The molecule has 6 nitrogen and oxygen atoms in total. The molecule has 0 heterocycles. The van der Waals surface area contributed by atoms with Gasteiger partial charge in [-0.25, -0.2) is 8.42 Å². The zero-order valence-corrected chi connectivity index (χ0v) is 16.0. The Labute approximate surface area is 159 Å². The molecule has 7 heteroatoms. The fraction of sp³-hybridized carbons (Fsp3) is 0.300. The van der Waals surface area contributed by atoms with Crippen molar-refractivity contribution in [1.82, 2.24) is 5.32 Å². The van der Waals surface area contributed by atoms with Gasteiger partial charge in [-0.05, 0) is 35.7 Å². The Morgan fingerprint density at radius 3 is 2.41 bits per heavy atom. The summed E-state index contributed by atoms with van der Waals surface area (Å²) in [5.41, 5.74) is 2.85. The van der Waals surface area contributed by atoms with E-state index in [9.17, 15) is 13.2 Å². The van der Waals surface area contributed by atoms with E-state index < -0.39 is 21.5 Å². The molecule has 142 valence electrons. The molecule has 0 bridgehead atoms. The number of ether oxygens (including phenoxy) is 1. The van der Waals surface area contributed by atoms with Crippen LogP contribution in [0.4, 0.5) is 0 Å². The summed E-state index contributed by atoms with van der Waals surface area (Å²) >= 11 is 0. The zero-order valence-electron chi connectivity index (χ0n) is 15.1. The van der Waals surface area contributed by atoms with Gasteiger partial charge in [-0.1, -0.05) is 36.4 Å². The Morgan fingerprint density at radius 1 is 1.11 bits per heavy atom. The van der Waals surface area contributed by atoms with E-state index in [-0.39, 0.29) is 12.3 Å². The van der Waals surface area contributed by atoms with Crippen LogP contribution >= 0.6 is 0 Å². The minimum Gasteiger partial charge on any atom is -0.377 e. The van der Waals surface area contributed by atoms with E-state index in [0.29, 0.717) is 24.3 Å². The molecule has 0 radical (unpaired) electrons. The zero-order chi connectivity index (χ0) is 19.7. The van der Waals surface area contributed by atoms with E-state index >= 15 is 0 Å². The van der Waals surface area contributed by atoms with Crippen LogP contribution < -0.4 is 5.32 Å². The third-order valence-electron chi connectivity index (χ3n) is 3.88. The van der Waals surface area contributed by atoms with Gasteiger partial charge in [0.1, 0.15) is 5.75 Å². The highest BCUT2D eigenvalue weighted by Crippen LogP contribution is 2.11. The van der Waals surface area contributed by atoms with Crippen LogP contribution in [0.1, 0.15) is 29.2 Å². The molecule has 0 fully saturated rings. The molecule has 1 N–H and O–H groups in total. The third kappa shape index (κ3) is 6.85. The number of nitrogens with one attached hydrogen (secondary N) is 1. The van der Waals surface area contributed by atoms with E-state index in [2.05, 4.69) is 5.32 Å². The van der Waals surface area contributed by atoms with Crippen molar-refractivity contribution in [2.45, 2.75) is 25.8 Å². The fourth-order valence-corrected chi connectivity index (χ4v) is 3.81. The van der Waals surface area contributed by atoms with Crippen LogP contribution in [0.5, 0.6) is 0 Å². The van der Waals surface area contributed by atoms with Crippen molar-refractivity contribution in [3.05, 3.63) is 70.8 Å². The van der Waals surface area contributed by atoms with Crippen molar-refractivity contribution in [2.24, 2.45) is 0 Å². The molecule has 2 aromatic carbocycles. The first kappa shape index (κ1) is 20.6. The Kier molecular flexibility index (Phi) is 7.53. The Morgan fingerprint density at radius 2 is 1.78 bits per heavy atom. The molecular formula is C20H22N2O4S. The first-order chi connectivity index (χ1) is 12.9. The topological polar surface area (TPSA) is 96.3 Å². The Hall–Kier alpha value is -2.69. The lowest BCUT2D eigenvalue weighted by atomic mass is 10.1. The van der Waals surface area contributed by atoms with Gasteiger partial charge in [-0.15, -0.1) is 0 Å². The maximum absolute atomic E-state index is 12.2. The number of rotatable bonds is 9. The average molecular weight is 386 g/mol. The van der Waals surface area contributed by atoms with Crippen molar-refractivity contribution < 1.29 is 17.9 Å². The van der Waals surface area contributed by atoms with Crippen LogP contribution in [0.25, 0.3) is 0 Å². The minimum absolute atomic E-state index is 0.243. The molecule has 0 aliphatic heterocycles. The molecule has 0 aromatic heterocycles. The van der Waals surface area contributed by atoms with Gasteiger partial charge < -0.3 is 10.1 Å². The van der Waals surface area contributed by atoms with Gasteiger partial charge in [0.15, 0.2) is 9.84 Å². The summed E-state index contributed by atoms with van der Waals surface area (Å²) < 4.78 is 29.9. The number of nitrogens with zero attached hydrogens (tertiary/aromatic N) is 1. The third-order valence-corrected chi connectivity index (χ3v) is 5.35. The van der Waals surface area contributed by atoms with Crippen LogP contribution in [0.2, 0.25) is 0 Å². The van der Waals surface area contributed by atoms with Crippen molar-refractivity contribution in [1.29, 1.82) is 5.26 Å². The number of hydrogen-bond acceptors (Lipinski definition) is 5. The van der Waals surface area contributed by atoms with Gasteiger partial charge >= 0.3 is 0 Å². The van der Waals surface area contributed by atoms with Gasteiger partial charge in [-0.2, -0.15) is 5.26 Å². The van der Waals surface area contributed by atoms with Gasteiger partial charge in [0.05, 0.1) is 24.0 Å². The molecule has 0 saturated carbocycles. The summed E-state index contributed by atoms with van der Waals surface area (Å²) in [6.07, 6.45) is 0. The van der Waals surface area contributed by atoms with Crippen molar-refractivity contribution in [2.75, 3.05) is 12.4 Å². The number of carbonyl (C=O) groups is 1. The lowest BCUT2D eigenvalue weighted by Gasteiger charge is -2.11. The lowest BCUT2D eigenvalue weighted by Crippen LogP contribution is -2.30. The van der Waals surface area contributed by atoms with E-state index in [4.69, 9.17) is 10.00 Å². The van der Waals surface area contributed by atoms with Gasteiger partial charge in [0, 0.05) is 13.2 Å². The first-order valence-corrected chi connectivity index (χ1v) is 10.4. The van der Waals surface area contributed by atoms with Crippen molar-refractivity contribution in [3.63, 3.8) is 0 Å². The van der Waals surface area contributed by atoms with Crippen LogP contribution in [0, 0.1) is 11.3 Å². The standard InChI is InChI=1S/C20H22N2O4S/c1-2-26-13-19-6-4-3-5-18(19)12-22-20(23)15-27(24,25)14-17-9-7-16(11-21)8-10-17/h3-10H,2,12-15H2,1H3,(H,22,23). The Balaban J connectivity index is 1.92. The maximum atomic E-state index is 12.2.